The summed E-state index contributed by atoms with van der Waals surface area (Å²) < 4.78 is 13.3. The zero-order valence-electron chi connectivity index (χ0n) is 10.4. The van der Waals surface area contributed by atoms with Crippen LogP contribution in [0.2, 0.25) is 0 Å². The van der Waals surface area contributed by atoms with Crippen LogP contribution < -0.4 is 5.46 Å². The van der Waals surface area contributed by atoms with Gasteiger partial charge in [0.2, 0.25) is 0 Å². The maximum Gasteiger partial charge on any atom is 0.500 e. The molecule has 2 heterocycles. The minimum absolute atomic E-state index is 0.193. The molecule has 4 nitrogen and oxygen atoms in total. The molecule has 1 fully saturated rings. The van der Waals surface area contributed by atoms with E-state index in [2.05, 4.69) is 0 Å². The molecule has 1 aromatic heterocycles. The Morgan fingerprint density at radius 1 is 1.19 bits per heavy atom. The van der Waals surface area contributed by atoms with Gasteiger partial charge < -0.3 is 19.0 Å². The third-order valence-electron chi connectivity index (χ3n) is 3.58. The number of aryl methyl sites for hydroxylation is 1. The summed E-state index contributed by atoms with van der Waals surface area (Å²) in [5.74, 6) is 0.193. The van der Waals surface area contributed by atoms with Gasteiger partial charge in [0.05, 0.1) is 11.2 Å². The van der Waals surface area contributed by atoms with Crippen LogP contribution in [0.1, 0.15) is 27.7 Å². The lowest BCUT2D eigenvalue weighted by atomic mass is 9.81. The van der Waals surface area contributed by atoms with E-state index in [0.29, 0.717) is 5.46 Å². The largest absolute Gasteiger partial charge is 0.500 e. The number of rotatable bonds is 1. The van der Waals surface area contributed by atoms with Crippen molar-refractivity contribution in [1.82, 2.24) is 4.57 Å². The second-order valence-corrected chi connectivity index (χ2v) is 5.29. The van der Waals surface area contributed by atoms with Crippen LogP contribution in [-0.2, 0) is 16.4 Å². The predicted molar refractivity (Wildman–Crippen MR) is 62.8 cm³/mol. The minimum atomic E-state index is -0.494. The van der Waals surface area contributed by atoms with Gasteiger partial charge in [-0.25, -0.2) is 0 Å². The van der Waals surface area contributed by atoms with Crippen molar-refractivity contribution in [1.29, 1.82) is 0 Å². The number of aromatic hydroxyl groups is 1. The molecule has 0 aromatic carbocycles. The van der Waals surface area contributed by atoms with Crippen LogP contribution in [-0.4, -0.2) is 28.0 Å². The van der Waals surface area contributed by atoms with Crippen molar-refractivity contribution in [2.24, 2.45) is 7.05 Å². The predicted octanol–water partition coefficient (Wildman–Crippen LogP) is 1.03. The first kappa shape index (κ1) is 11.5. The Hall–Kier alpha value is -0.935. The Bertz CT molecular complexity index is 395. The molecule has 0 aliphatic carbocycles. The van der Waals surface area contributed by atoms with Gasteiger partial charge in [-0.1, -0.05) is 0 Å². The van der Waals surface area contributed by atoms with Gasteiger partial charge in [-0.15, -0.1) is 0 Å². The standard InChI is InChI=1S/C11H18BNO3/c1-10(2)11(3,4)16-12(15-10)8-6-7-13(5)9(8)14/h6-7,14H,1-5H3. The number of nitrogens with zero attached hydrogens (tertiary/aromatic N) is 1. The molecular formula is C11H18BNO3. The fraction of sp³-hybridized carbons (Fsp3) is 0.636. The van der Waals surface area contributed by atoms with Gasteiger partial charge in [-0.3, -0.25) is 0 Å². The Morgan fingerprint density at radius 2 is 1.69 bits per heavy atom. The monoisotopic (exact) mass is 223 g/mol. The van der Waals surface area contributed by atoms with Crippen molar-refractivity contribution in [3.05, 3.63) is 12.3 Å². The lowest BCUT2D eigenvalue weighted by Gasteiger charge is -2.32. The molecule has 1 N–H and O–H groups in total. The maximum atomic E-state index is 9.84. The van der Waals surface area contributed by atoms with Gasteiger partial charge in [0.1, 0.15) is 0 Å². The average Bonchev–Trinajstić information content (AvgIpc) is 2.54. The zero-order chi connectivity index (χ0) is 12.1. The molecule has 1 aliphatic heterocycles. The van der Waals surface area contributed by atoms with Gasteiger partial charge in [0, 0.05) is 18.7 Å². The number of hydrogen-bond acceptors (Lipinski definition) is 3. The summed E-state index contributed by atoms with van der Waals surface area (Å²) in [6, 6.07) is 1.82. The fourth-order valence-corrected chi connectivity index (χ4v) is 1.69. The highest BCUT2D eigenvalue weighted by Gasteiger charge is 2.52. The van der Waals surface area contributed by atoms with Crippen LogP contribution >= 0.6 is 0 Å². The average molecular weight is 223 g/mol. The molecule has 0 unspecified atom stereocenters. The molecule has 0 bridgehead atoms. The van der Waals surface area contributed by atoms with Gasteiger partial charge in [0.15, 0.2) is 5.88 Å². The van der Waals surface area contributed by atoms with Crippen molar-refractivity contribution >= 4 is 12.6 Å². The summed E-state index contributed by atoms with van der Waals surface area (Å²) in [6.07, 6.45) is 1.79. The molecule has 0 atom stereocenters. The molecule has 5 heteroatoms. The van der Waals surface area contributed by atoms with E-state index in [9.17, 15) is 5.11 Å². The molecule has 2 rings (SSSR count). The van der Waals surface area contributed by atoms with Crippen molar-refractivity contribution < 1.29 is 14.4 Å². The lowest BCUT2D eigenvalue weighted by Crippen LogP contribution is -2.41. The van der Waals surface area contributed by atoms with E-state index in [1.165, 1.54) is 0 Å². The molecule has 16 heavy (non-hydrogen) atoms. The van der Waals surface area contributed by atoms with Gasteiger partial charge in [0.25, 0.3) is 0 Å². The second-order valence-electron chi connectivity index (χ2n) is 5.29. The lowest BCUT2D eigenvalue weighted by molar-refractivity contribution is 0.00578. The first-order valence-electron chi connectivity index (χ1n) is 5.44. The molecule has 1 aliphatic rings. The normalized spacial score (nSPS) is 22.7. The van der Waals surface area contributed by atoms with Crippen molar-refractivity contribution in [2.75, 3.05) is 0 Å². The highest BCUT2D eigenvalue weighted by atomic mass is 16.7. The second kappa shape index (κ2) is 3.28. The first-order chi connectivity index (χ1) is 7.24. The van der Waals surface area contributed by atoms with Crippen LogP contribution in [0.5, 0.6) is 5.88 Å². The van der Waals surface area contributed by atoms with Crippen LogP contribution in [0, 0.1) is 0 Å². The third kappa shape index (κ3) is 1.55. The molecule has 1 saturated heterocycles. The highest BCUT2D eigenvalue weighted by molar-refractivity contribution is 6.63. The first-order valence-corrected chi connectivity index (χ1v) is 5.44. The highest BCUT2D eigenvalue weighted by Crippen LogP contribution is 2.37. The summed E-state index contributed by atoms with van der Waals surface area (Å²) in [7, 11) is 1.29. The van der Waals surface area contributed by atoms with E-state index in [1.807, 2.05) is 33.8 Å². The molecule has 0 radical (unpaired) electrons. The van der Waals surface area contributed by atoms with Gasteiger partial charge in [-0.05, 0) is 33.8 Å². The van der Waals surface area contributed by atoms with Crippen molar-refractivity contribution in [3.8, 4) is 5.88 Å². The van der Waals surface area contributed by atoms with Crippen LogP contribution in [0.25, 0.3) is 0 Å². The maximum absolute atomic E-state index is 9.84. The Kier molecular flexibility index (Phi) is 2.37. The minimum Gasteiger partial charge on any atom is -0.495 e. The third-order valence-corrected chi connectivity index (χ3v) is 3.58. The van der Waals surface area contributed by atoms with Crippen LogP contribution in [0.4, 0.5) is 0 Å². The summed E-state index contributed by atoms with van der Waals surface area (Å²) in [4.78, 5) is 0. The molecule has 0 saturated carbocycles. The quantitative estimate of drug-likeness (QED) is 0.723. The Labute approximate surface area is 96.3 Å². The van der Waals surface area contributed by atoms with Gasteiger partial charge >= 0.3 is 7.12 Å². The van der Waals surface area contributed by atoms with Crippen LogP contribution in [0.3, 0.4) is 0 Å². The van der Waals surface area contributed by atoms with Gasteiger partial charge in [-0.2, -0.15) is 0 Å². The molecule has 88 valence electrons. The summed E-state index contributed by atoms with van der Waals surface area (Å²) >= 11 is 0. The summed E-state index contributed by atoms with van der Waals surface area (Å²) in [6.45, 7) is 7.97. The Balaban J connectivity index is 2.30. The van der Waals surface area contributed by atoms with E-state index in [-0.39, 0.29) is 17.1 Å². The molecular weight excluding hydrogens is 205 g/mol. The Morgan fingerprint density at radius 3 is 2.06 bits per heavy atom. The molecule has 1 aromatic rings. The molecule has 0 amide bonds. The smallest absolute Gasteiger partial charge is 0.495 e. The van der Waals surface area contributed by atoms with E-state index < -0.39 is 7.12 Å². The molecule has 0 spiro atoms. The fourth-order valence-electron chi connectivity index (χ4n) is 1.69. The number of hydrogen-bond donors (Lipinski definition) is 1. The number of aromatic nitrogens is 1. The van der Waals surface area contributed by atoms with Crippen LogP contribution in [0.15, 0.2) is 12.3 Å². The van der Waals surface area contributed by atoms with E-state index in [1.54, 1.807) is 17.8 Å². The SMILES string of the molecule is Cn1ccc(B2OC(C)(C)C(C)(C)O2)c1O. The van der Waals surface area contributed by atoms with E-state index >= 15 is 0 Å². The van der Waals surface area contributed by atoms with Crippen molar-refractivity contribution in [3.63, 3.8) is 0 Å². The summed E-state index contributed by atoms with van der Waals surface area (Å²) in [5.41, 5.74) is -0.0685. The zero-order valence-corrected chi connectivity index (χ0v) is 10.4. The van der Waals surface area contributed by atoms with E-state index in [0.717, 1.165) is 0 Å². The van der Waals surface area contributed by atoms with Crippen molar-refractivity contribution in [2.45, 2.75) is 38.9 Å². The summed E-state index contributed by atoms with van der Waals surface area (Å²) in [5, 5.41) is 9.84. The van der Waals surface area contributed by atoms with E-state index in [4.69, 9.17) is 9.31 Å². The topological polar surface area (TPSA) is 43.6 Å².